The average Bonchev–Trinajstić information content (AvgIpc) is 2.15. The van der Waals surface area contributed by atoms with Crippen molar-refractivity contribution in [2.75, 3.05) is 6.54 Å². The summed E-state index contributed by atoms with van der Waals surface area (Å²) in [6.07, 6.45) is 1.11. The lowest BCUT2D eigenvalue weighted by atomic mass is 10.00. The Bertz CT molecular complexity index is 331. The van der Waals surface area contributed by atoms with Crippen LogP contribution in [0.4, 0.5) is 4.79 Å². The van der Waals surface area contributed by atoms with Gasteiger partial charge in [-0.1, -0.05) is 5.11 Å². The normalized spacial score (nSPS) is 25.1. The lowest BCUT2D eigenvalue weighted by Crippen LogP contribution is -2.47. The van der Waals surface area contributed by atoms with E-state index in [2.05, 4.69) is 10.0 Å². The molecule has 17 heavy (non-hydrogen) atoms. The van der Waals surface area contributed by atoms with Gasteiger partial charge in [0.2, 0.25) is 0 Å². The maximum Gasteiger partial charge on any atom is 0.410 e. The Morgan fingerprint density at radius 1 is 1.53 bits per heavy atom. The van der Waals surface area contributed by atoms with Gasteiger partial charge in [0.1, 0.15) is 5.60 Å². The lowest BCUT2D eigenvalue weighted by Gasteiger charge is -2.37. The number of carbonyl (C=O) groups is 1. The molecular weight excluding hydrogens is 220 g/mol. The van der Waals surface area contributed by atoms with Crippen molar-refractivity contribution in [1.82, 2.24) is 4.90 Å². The third-order valence-electron chi connectivity index (χ3n) is 2.69. The fourth-order valence-electron chi connectivity index (χ4n) is 1.92. The molecule has 1 aliphatic rings. The highest BCUT2D eigenvalue weighted by Crippen LogP contribution is 2.22. The van der Waals surface area contributed by atoms with Crippen molar-refractivity contribution in [3.05, 3.63) is 10.4 Å². The first-order chi connectivity index (χ1) is 7.83. The van der Waals surface area contributed by atoms with Gasteiger partial charge in [-0.25, -0.2) is 4.79 Å². The van der Waals surface area contributed by atoms with E-state index in [0.717, 1.165) is 0 Å². The number of rotatable bonds is 1. The Balaban J connectivity index is 2.57. The zero-order valence-electron chi connectivity index (χ0n) is 10.9. The molecule has 0 aromatic rings. The third-order valence-corrected chi connectivity index (χ3v) is 2.69. The molecule has 0 aromatic heterocycles. The van der Waals surface area contributed by atoms with Crippen molar-refractivity contribution in [3.8, 4) is 0 Å². The summed E-state index contributed by atoms with van der Waals surface area (Å²) in [6, 6.07) is 0.0442. The monoisotopic (exact) mass is 240 g/mol. The van der Waals surface area contributed by atoms with Crippen LogP contribution in [0.1, 0.15) is 40.5 Å². The second kappa shape index (κ2) is 5.27. The molecule has 6 nitrogen and oxygen atoms in total. The molecule has 1 rings (SSSR count). The molecule has 2 unspecified atom stereocenters. The predicted molar refractivity (Wildman–Crippen MR) is 64.6 cm³/mol. The molecule has 1 saturated heterocycles. The topological polar surface area (TPSA) is 78.3 Å². The molecule has 2 atom stereocenters. The van der Waals surface area contributed by atoms with Crippen LogP contribution in [-0.2, 0) is 4.74 Å². The first-order valence-electron chi connectivity index (χ1n) is 5.87. The fourth-order valence-corrected chi connectivity index (χ4v) is 1.92. The molecule has 1 fully saturated rings. The van der Waals surface area contributed by atoms with Crippen LogP contribution in [0.25, 0.3) is 10.4 Å². The van der Waals surface area contributed by atoms with E-state index in [1.165, 1.54) is 0 Å². The zero-order chi connectivity index (χ0) is 13.1. The standard InChI is InChI=1S/C11H20N4O2/c1-8-7-9(13-14-12)5-6-15(8)10(16)17-11(2,3)4/h8-9H,5-7H2,1-4H3. The number of piperidine rings is 1. The molecule has 1 amide bonds. The van der Waals surface area contributed by atoms with Gasteiger partial charge in [0, 0.05) is 23.5 Å². The maximum absolute atomic E-state index is 11.9. The highest BCUT2D eigenvalue weighted by atomic mass is 16.6. The number of likely N-dealkylation sites (tertiary alicyclic amines) is 1. The van der Waals surface area contributed by atoms with Crippen molar-refractivity contribution < 1.29 is 9.53 Å². The highest BCUT2D eigenvalue weighted by molar-refractivity contribution is 5.68. The average molecular weight is 240 g/mol. The Morgan fingerprint density at radius 3 is 2.65 bits per heavy atom. The van der Waals surface area contributed by atoms with Gasteiger partial charge in [0.25, 0.3) is 0 Å². The van der Waals surface area contributed by atoms with Crippen molar-refractivity contribution in [3.63, 3.8) is 0 Å². The number of carbonyl (C=O) groups excluding carboxylic acids is 1. The van der Waals surface area contributed by atoms with E-state index in [-0.39, 0.29) is 18.2 Å². The minimum absolute atomic E-state index is 0.00585. The van der Waals surface area contributed by atoms with Crippen LogP contribution in [0.15, 0.2) is 5.11 Å². The van der Waals surface area contributed by atoms with Crippen LogP contribution in [0.2, 0.25) is 0 Å². The minimum Gasteiger partial charge on any atom is -0.444 e. The number of amides is 1. The first-order valence-corrected chi connectivity index (χ1v) is 5.87. The molecule has 0 aromatic carbocycles. The van der Waals surface area contributed by atoms with Gasteiger partial charge < -0.3 is 9.64 Å². The van der Waals surface area contributed by atoms with Gasteiger partial charge in [-0.3, -0.25) is 0 Å². The predicted octanol–water partition coefficient (Wildman–Crippen LogP) is 3.08. The molecule has 0 N–H and O–H groups in total. The summed E-state index contributed by atoms with van der Waals surface area (Å²) in [5, 5.41) is 3.70. The summed E-state index contributed by atoms with van der Waals surface area (Å²) in [4.78, 5) is 16.4. The van der Waals surface area contributed by atoms with Gasteiger partial charge in [0.05, 0.1) is 0 Å². The molecule has 0 radical (unpaired) electrons. The van der Waals surface area contributed by atoms with E-state index in [0.29, 0.717) is 19.4 Å². The Kier molecular flexibility index (Phi) is 4.23. The van der Waals surface area contributed by atoms with E-state index in [4.69, 9.17) is 10.3 Å². The Labute approximate surface area is 102 Å². The quantitative estimate of drug-likeness (QED) is 0.401. The van der Waals surface area contributed by atoms with E-state index in [1.807, 2.05) is 27.7 Å². The summed E-state index contributed by atoms with van der Waals surface area (Å²) in [5.74, 6) is 0. The number of azide groups is 1. The molecule has 6 heteroatoms. The van der Waals surface area contributed by atoms with E-state index >= 15 is 0 Å². The number of nitrogens with zero attached hydrogens (tertiary/aromatic N) is 4. The van der Waals surface area contributed by atoms with Crippen LogP contribution in [0, 0.1) is 0 Å². The Hall–Kier alpha value is -1.42. The maximum atomic E-state index is 11.9. The highest BCUT2D eigenvalue weighted by Gasteiger charge is 2.31. The van der Waals surface area contributed by atoms with E-state index < -0.39 is 5.60 Å². The Morgan fingerprint density at radius 2 is 2.18 bits per heavy atom. The fraction of sp³-hybridized carbons (Fsp3) is 0.909. The SMILES string of the molecule is CC1CC(N=[N+]=[N-])CCN1C(=O)OC(C)(C)C. The lowest BCUT2D eigenvalue weighted by molar-refractivity contribution is 0.0107. The summed E-state index contributed by atoms with van der Waals surface area (Å²) in [6.45, 7) is 8.08. The zero-order valence-corrected chi connectivity index (χ0v) is 10.9. The van der Waals surface area contributed by atoms with Crippen LogP contribution in [0.5, 0.6) is 0 Å². The number of ether oxygens (including phenoxy) is 1. The molecule has 0 aliphatic carbocycles. The second-order valence-corrected chi connectivity index (χ2v) is 5.41. The van der Waals surface area contributed by atoms with Gasteiger partial charge in [-0.05, 0) is 46.1 Å². The molecule has 1 aliphatic heterocycles. The minimum atomic E-state index is -0.474. The van der Waals surface area contributed by atoms with Gasteiger partial charge >= 0.3 is 6.09 Å². The summed E-state index contributed by atoms with van der Waals surface area (Å²) in [7, 11) is 0. The third kappa shape index (κ3) is 4.15. The van der Waals surface area contributed by atoms with E-state index in [1.54, 1.807) is 4.90 Å². The van der Waals surface area contributed by atoms with E-state index in [9.17, 15) is 4.79 Å². The summed E-state index contributed by atoms with van der Waals surface area (Å²) < 4.78 is 5.33. The smallest absolute Gasteiger partial charge is 0.410 e. The van der Waals surface area contributed by atoms with Crippen molar-refractivity contribution in [2.45, 2.75) is 58.2 Å². The van der Waals surface area contributed by atoms with Crippen LogP contribution in [0.3, 0.4) is 0 Å². The van der Waals surface area contributed by atoms with Crippen molar-refractivity contribution >= 4 is 6.09 Å². The second-order valence-electron chi connectivity index (χ2n) is 5.41. The number of hydrogen-bond acceptors (Lipinski definition) is 3. The first kappa shape index (κ1) is 13.6. The summed E-state index contributed by atoms with van der Waals surface area (Å²) >= 11 is 0. The largest absolute Gasteiger partial charge is 0.444 e. The molecular formula is C11H20N4O2. The van der Waals surface area contributed by atoms with Crippen LogP contribution >= 0.6 is 0 Å². The van der Waals surface area contributed by atoms with Crippen LogP contribution in [-0.4, -0.2) is 35.2 Å². The van der Waals surface area contributed by atoms with Gasteiger partial charge in [-0.15, -0.1) is 0 Å². The number of hydrogen-bond donors (Lipinski definition) is 0. The molecule has 0 saturated carbocycles. The molecule has 1 heterocycles. The van der Waals surface area contributed by atoms with Crippen molar-refractivity contribution in [2.24, 2.45) is 5.11 Å². The van der Waals surface area contributed by atoms with Crippen LogP contribution < -0.4 is 0 Å². The van der Waals surface area contributed by atoms with Gasteiger partial charge in [-0.2, -0.15) is 0 Å². The molecule has 0 spiro atoms. The molecule has 96 valence electrons. The summed E-state index contributed by atoms with van der Waals surface area (Å²) in [5.41, 5.74) is 7.91. The molecule has 0 bridgehead atoms. The van der Waals surface area contributed by atoms with Gasteiger partial charge in [0.15, 0.2) is 0 Å². The van der Waals surface area contributed by atoms with Crippen molar-refractivity contribution in [1.29, 1.82) is 0 Å².